The second kappa shape index (κ2) is 7.33. The number of H-pyrrole nitrogens is 1. The molecule has 1 aliphatic rings. The van der Waals surface area contributed by atoms with Crippen LogP contribution in [0.2, 0.25) is 0 Å². The smallest absolute Gasteiger partial charge is 0.270 e. The second-order valence-electron chi connectivity index (χ2n) is 7.09. The molecule has 2 aromatic carbocycles. The first-order chi connectivity index (χ1) is 13.8. The lowest BCUT2D eigenvalue weighted by Gasteiger charge is -2.17. The van der Waals surface area contributed by atoms with Crippen LogP contribution in [0.1, 0.15) is 28.1 Å². The second-order valence-corrected chi connectivity index (χ2v) is 8.00. The van der Waals surface area contributed by atoms with E-state index in [0.717, 1.165) is 27.0 Å². The summed E-state index contributed by atoms with van der Waals surface area (Å²) in [6, 6.07) is 14.3. The van der Waals surface area contributed by atoms with Crippen molar-refractivity contribution in [3.8, 4) is 0 Å². The first-order valence-corrected chi connectivity index (χ1v) is 9.86. The van der Waals surface area contributed by atoms with E-state index in [2.05, 4.69) is 20.9 Å². The Balaban J connectivity index is 1.83. The van der Waals surface area contributed by atoms with Crippen LogP contribution in [0.15, 0.2) is 53.0 Å². The van der Waals surface area contributed by atoms with E-state index in [-0.39, 0.29) is 11.6 Å². The number of nitrogens with one attached hydrogen (secondary N) is 1. The van der Waals surface area contributed by atoms with E-state index in [1.165, 1.54) is 12.1 Å². The molecule has 6 nitrogen and oxygen atoms in total. The van der Waals surface area contributed by atoms with Crippen LogP contribution >= 0.6 is 15.9 Å². The number of aromatic nitrogens is 1. The summed E-state index contributed by atoms with van der Waals surface area (Å²) in [5.41, 5.74) is 5.46. The summed E-state index contributed by atoms with van der Waals surface area (Å²) in [5, 5.41) is 11.3. The van der Waals surface area contributed by atoms with Crippen LogP contribution in [0.25, 0.3) is 11.6 Å². The highest BCUT2D eigenvalue weighted by molar-refractivity contribution is 9.10. The molecule has 29 heavy (non-hydrogen) atoms. The largest absolute Gasteiger partial charge is 0.359 e. The van der Waals surface area contributed by atoms with Crippen molar-refractivity contribution in [1.29, 1.82) is 0 Å². The van der Waals surface area contributed by atoms with Gasteiger partial charge in [-0.15, -0.1) is 0 Å². The van der Waals surface area contributed by atoms with Gasteiger partial charge in [0.15, 0.2) is 0 Å². The van der Waals surface area contributed by atoms with Gasteiger partial charge in [-0.2, -0.15) is 0 Å². The average molecular weight is 452 g/mol. The van der Waals surface area contributed by atoms with E-state index in [9.17, 15) is 14.9 Å². The molecule has 0 fully saturated rings. The van der Waals surface area contributed by atoms with Gasteiger partial charge in [0.25, 0.3) is 11.6 Å². The standard InChI is InChI=1S/C22H18BrN3O3/c1-13-8-14(2)24-20(13)11-19-18-10-17(26(28)29)6-7-21(18)25(22(19)27)12-15-4-3-5-16(23)9-15/h3-11,24H,12H2,1-2H3. The van der Waals surface area contributed by atoms with Crippen LogP contribution < -0.4 is 4.90 Å². The van der Waals surface area contributed by atoms with Crippen LogP contribution in [-0.2, 0) is 11.3 Å². The van der Waals surface area contributed by atoms with Gasteiger partial charge < -0.3 is 9.88 Å². The number of fused-ring (bicyclic) bond motifs is 1. The Morgan fingerprint density at radius 3 is 2.62 bits per heavy atom. The van der Waals surface area contributed by atoms with Crippen molar-refractivity contribution in [2.24, 2.45) is 0 Å². The zero-order valence-electron chi connectivity index (χ0n) is 15.9. The van der Waals surface area contributed by atoms with Crippen LogP contribution in [0.5, 0.6) is 0 Å². The zero-order valence-corrected chi connectivity index (χ0v) is 17.5. The molecule has 2 heterocycles. The number of carbonyl (C=O) groups excluding carboxylic acids is 1. The van der Waals surface area contributed by atoms with Crippen molar-refractivity contribution in [3.05, 3.63) is 91.2 Å². The molecular formula is C22H18BrN3O3. The van der Waals surface area contributed by atoms with E-state index >= 15 is 0 Å². The van der Waals surface area contributed by atoms with Gasteiger partial charge in [0.05, 0.1) is 22.7 Å². The Kier molecular flexibility index (Phi) is 4.84. The SMILES string of the molecule is Cc1cc(C)c(C=C2C(=O)N(Cc3cccc(Br)c3)c3ccc([N+](=O)[O-])cc32)[nH]1. The van der Waals surface area contributed by atoms with Crippen LogP contribution in [0.3, 0.4) is 0 Å². The lowest BCUT2D eigenvalue weighted by atomic mass is 10.0. The maximum Gasteiger partial charge on any atom is 0.270 e. The lowest BCUT2D eigenvalue weighted by molar-refractivity contribution is -0.384. The minimum atomic E-state index is -0.441. The first kappa shape index (κ1) is 19.1. The van der Waals surface area contributed by atoms with Gasteiger partial charge in [0.2, 0.25) is 0 Å². The maximum atomic E-state index is 13.3. The number of aromatic amines is 1. The maximum absolute atomic E-state index is 13.3. The number of nitrogens with zero attached hydrogens (tertiary/aromatic N) is 2. The monoisotopic (exact) mass is 451 g/mol. The molecule has 1 amide bonds. The van der Waals surface area contributed by atoms with E-state index in [1.54, 1.807) is 17.0 Å². The molecule has 0 unspecified atom stereocenters. The average Bonchev–Trinajstić information content (AvgIpc) is 3.12. The number of halogens is 1. The normalized spacial score (nSPS) is 14.5. The van der Waals surface area contributed by atoms with E-state index in [4.69, 9.17) is 0 Å². The molecule has 0 atom stereocenters. The van der Waals surface area contributed by atoms with Gasteiger partial charge in [-0.25, -0.2) is 0 Å². The number of amides is 1. The molecule has 0 saturated carbocycles. The Labute approximate surface area is 176 Å². The zero-order chi connectivity index (χ0) is 20.7. The van der Waals surface area contributed by atoms with Crippen molar-refractivity contribution in [3.63, 3.8) is 0 Å². The van der Waals surface area contributed by atoms with Gasteiger partial charge in [-0.05, 0) is 55.3 Å². The minimum Gasteiger partial charge on any atom is -0.359 e. The third-order valence-corrected chi connectivity index (χ3v) is 5.45. The number of nitro groups is 1. The molecule has 7 heteroatoms. The Hall–Kier alpha value is -3.19. The number of non-ortho nitro benzene ring substituents is 1. The number of aryl methyl sites for hydroxylation is 2. The van der Waals surface area contributed by atoms with Gasteiger partial charge in [-0.1, -0.05) is 28.1 Å². The summed E-state index contributed by atoms with van der Waals surface area (Å²) in [6.45, 7) is 4.29. The van der Waals surface area contributed by atoms with Crippen molar-refractivity contribution in [2.75, 3.05) is 4.90 Å². The van der Waals surface area contributed by atoms with E-state index in [1.807, 2.05) is 44.2 Å². The van der Waals surface area contributed by atoms with Gasteiger partial charge in [0.1, 0.15) is 0 Å². The number of benzene rings is 2. The first-order valence-electron chi connectivity index (χ1n) is 9.06. The molecule has 0 aliphatic carbocycles. The third-order valence-electron chi connectivity index (χ3n) is 4.96. The third kappa shape index (κ3) is 3.61. The Bertz CT molecular complexity index is 1180. The van der Waals surface area contributed by atoms with Gasteiger partial charge in [0, 0.05) is 33.6 Å². The summed E-state index contributed by atoms with van der Waals surface area (Å²) in [5.74, 6) is -0.174. The number of rotatable bonds is 4. The fourth-order valence-corrected chi connectivity index (χ4v) is 4.06. The molecule has 0 bridgehead atoms. The number of hydrogen-bond donors (Lipinski definition) is 1. The van der Waals surface area contributed by atoms with Crippen molar-refractivity contribution in [2.45, 2.75) is 20.4 Å². The predicted molar refractivity (Wildman–Crippen MR) is 117 cm³/mol. The number of nitro benzene ring substituents is 1. The fourth-order valence-electron chi connectivity index (χ4n) is 3.62. The molecule has 1 aliphatic heterocycles. The number of anilines is 1. The van der Waals surface area contributed by atoms with Crippen molar-refractivity contribution >= 4 is 44.9 Å². The molecular weight excluding hydrogens is 434 g/mol. The summed E-state index contributed by atoms with van der Waals surface area (Å²) in [6.07, 6.45) is 1.79. The minimum absolute atomic E-state index is 0.0360. The Morgan fingerprint density at radius 2 is 1.97 bits per heavy atom. The molecule has 1 N–H and O–H groups in total. The van der Waals surface area contributed by atoms with Crippen LogP contribution in [0.4, 0.5) is 11.4 Å². The highest BCUT2D eigenvalue weighted by Crippen LogP contribution is 2.41. The van der Waals surface area contributed by atoms with Crippen LogP contribution in [0, 0.1) is 24.0 Å². The predicted octanol–water partition coefficient (Wildman–Crippen LogP) is 5.39. The fraction of sp³-hybridized carbons (Fsp3) is 0.136. The Morgan fingerprint density at radius 1 is 1.17 bits per heavy atom. The summed E-state index contributed by atoms with van der Waals surface area (Å²) in [4.78, 5) is 29.1. The van der Waals surface area contributed by atoms with E-state index < -0.39 is 4.92 Å². The van der Waals surface area contributed by atoms with E-state index in [0.29, 0.717) is 23.4 Å². The van der Waals surface area contributed by atoms with Gasteiger partial charge in [-0.3, -0.25) is 14.9 Å². The highest BCUT2D eigenvalue weighted by Gasteiger charge is 2.34. The summed E-state index contributed by atoms with van der Waals surface area (Å²) in [7, 11) is 0. The molecule has 1 aromatic heterocycles. The molecule has 3 aromatic rings. The highest BCUT2D eigenvalue weighted by atomic mass is 79.9. The number of carbonyl (C=O) groups is 1. The molecule has 0 radical (unpaired) electrons. The van der Waals surface area contributed by atoms with Crippen molar-refractivity contribution < 1.29 is 9.72 Å². The lowest BCUT2D eigenvalue weighted by Crippen LogP contribution is -2.25. The molecule has 0 saturated heterocycles. The molecule has 4 rings (SSSR count). The van der Waals surface area contributed by atoms with Crippen LogP contribution in [-0.4, -0.2) is 15.8 Å². The quantitative estimate of drug-likeness (QED) is 0.328. The topological polar surface area (TPSA) is 79.2 Å². The molecule has 146 valence electrons. The molecule has 0 spiro atoms. The number of hydrogen-bond acceptors (Lipinski definition) is 3. The summed E-state index contributed by atoms with van der Waals surface area (Å²) >= 11 is 3.46. The van der Waals surface area contributed by atoms with Gasteiger partial charge >= 0.3 is 0 Å². The summed E-state index contributed by atoms with van der Waals surface area (Å²) < 4.78 is 0.929. The van der Waals surface area contributed by atoms with Crippen molar-refractivity contribution in [1.82, 2.24) is 4.98 Å².